The number of fused-ring (bicyclic) bond motifs is 1. The molecule has 3 aliphatic heterocycles. The highest BCUT2D eigenvalue weighted by molar-refractivity contribution is 7.89. The molecule has 0 bridgehead atoms. The Morgan fingerprint density at radius 2 is 1.85 bits per heavy atom. The molecular weight excluding hydrogens is 444 g/mol. The van der Waals surface area contributed by atoms with E-state index in [4.69, 9.17) is 0 Å². The Hall–Kier alpha value is -2.46. The van der Waals surface area contributed by atoms with Crippen molar-refractivity contribution in [2.24, 2.45) is 0 Å². The van der Waals surface area contributed by atoms with E-state index in [0.29, 0.717) is 50.3 Å². The third kappa shape index (κ3) is 4.91. The predicted molar refractivity (Wildman–Crippen MR) is 123 cm³/mol. The van der Waals surface area contributed by atoms with Crippen LogP contribution in [0.3, 0.4) is 0 Å². The molecule has 1 aromatic carbocycles. The smallest absolute Gasteiger partial charge is 0.243 e. The summed E-state index contributed by atoms with van der Waals surface area (Å²) in [5.74, 6) is -0.372. The molecule has 0 unspecified atom stereocenters. The predicted octanol–water partition coefficient (Wildman–Crippen LogP) is 1.27. The van der Waals surface area contributed by atoms with Crippen LogP contribution in [0, 0.1) is 0 Å². The molecule has 2 saturated heterocycles. The largest absolute Gasteiger partial charge is 0.354 e. The van der Waals surface area contributed by atoms with Gasteiger partial charge in [0.1, 0.15) is 6.04 Å². The van der Waals surface area contributed by atoms with Crippen LogP contribution in [0.1, 0.15) is 51.0 Å². The Labute approximate surface area is 195 Å². The molecule has 10 heteroatoms. The number of anilines is 1. The molecule has 33 heavy (non-hydrogen) atoms. The minimum absolute atomic E-state index is 0.158. The van der Waals surface area contributed by atoms with Crippen molar-refractivity contribution >= 4 is 33.4 Å². The number of piperidine rings is 1. The van der Waals surface area contributed by atoms with Gasteiger partial charge in [0.2, 0.25) is 27.7 Å². The molecule has 2 fully saturated rings. The lowest BCUT2D eigenvalue weighted by Gasteiger charge is -2.26. The first-order valence-corrected chi connectivity index (χ1v) is 13.2. The Balaban J connectivity index is 1.43. The molecule has 0 saturated carbocycles. The van der Waals surface area contributed by atoms with Crippen molar-refractivity contribution in [3.05, 3.63) is 23.8 Å². The van der Waals surface area contributed by atoms with Gasteiger partial charge in [0.15, 0.2) is 0 Å². The van der Waals surface area contributed by atoms with Crippen LogP contribution in [-0.4, -0.2) is 74.1 Å². The molecule has 3 amide bonds. The molecular formula is C23H32N4O5S. The van der Waals surface area contributed by atoms with E-state index in [1.165, 1.54) is 22.2 Å². The number of hydrogen-bond acceptors (Lipinski definition) is 5. The standard InChI is InChI=1S/C23H32N4O5S/c1-17(28)27-20-9-8-19(33(31,32)26-13-3-2-4-14-26)15-18(20)16-21(27)23(30)24-10-6-12-25-11-5-7-22(25)29/h8-9,15,21H,2-7,10-14,16H2,1H3,(H,24,30)/t21-/m1/s1. The lowest BCUT2D eigenvalue weighted by atomic mass is 10.1. The number of likely N-dealkylation sites (tertiary alicyclic amines) is 1. The summed E-state index contributed by atoms with van der Waals surface area (Å²) in [6, 6.07) is 4.08. The van der Waals surface area contributed by atoms with E-state index < -0.39 is 16.1 Å². The maximum atomic E-state index is 13.1. The summed E-state index contributed by atoms with van der Waals surface area (Å²) in [6.45, 7) is 4.24. The number of carbonyl (C=O) groups is 3. The summed E-state index contributed by atoms with van der Waals surface area (Å²) in [5, 5.41) is 2.88. The van der Waals surface area contributed by atoms with Crippen LogP contribution in [0.15, 0.2) is 23.1 Å². The summed E-state index contributed by atoms with van der Waals surface area (Å²) in [6.07, 6.45) is 5.15. The molecule has 0 aliphatic carbocycles. The Kier molecular flexibility index (Phi) is 7.04. The molecule has 0 spiro atoms. The van der Waals surface area contributed by atoms with Crippen molar-refractivity contribution in [1.29, 1.82) is 0 Å². The zero-order valence-electron chi connectivity index (χ0n) is 19.1. The molecule has 9 nitrogen and oxygen atoms in total. The van der Waals surface area contributed by atoms with Gasteiger partial charge in [0, 0.05) is 58.2 Å². The Bertz CT molecular complexity index is 1040. The molecule has 1 N–H and O–H groups in total. The normalized spacial score (nSPS) is 21.4. The molecule has 3 heterocycles. The number of amides is 3. The fourth-order valence-corrected chi connectivity index (χ4v) is 6.55. The van der Waals surface area contributed by atoms with Crippen molar-refractivity contribution in [3.63, 3.8) is 0 Å². The van der Waals surface area contributed by atoms with Crippen molar-refractivity contribution in [2.45, 2.75) is 62.8 Å². The van der Waals surface area contributed by atoms with E-state index >= 15 is 0 Å². The van der Waals surface area contributed by atoms with Crippen LogP contribution in [0.5, 0.6) is 0 Å². The summed E-state index contributed by atoms with van der Waals surface area (Å²) in [7, 11) is -3.59. The number of nitrogens with zero attached hydrogens (tertiary/aromatic N) is 3. The fourth-order valence-electron chi connectivity index (χ4n) is 4.98. The number of benzene rings is 1. The summed E-state index contributed by atoms with van der Waals surface area (Å²) in [5.41, 5.74) is 1.27. The first-order chi connectivity index (χ1) is 15.8. The summed E-state index contributed by atoms with van der Waals surface area (Å²) >= 11 is 0. The molecule has 1 aromatic rings. The molecule has 180 valence electrons. The molecule has 4 rings (SSSR count). The fraction of sp³-hybridized carbons (Fsp3) is 0.609. The SMILES string of the molecule is CC(=O)N1c2ccc(S(=O)(=O)N3CCCCC3)cc2C[C@@H]1C(=O)NCCCN1CCCC1=O. The topological polar surface area (TPSA) is 107 Å². The van der Waals surface area contributed by atoms with Crippen molar-refractivity contribution in [2.75, 3.05) is 37.6 Å². The number of nitrogens with one attached hydrogen (secondary N) is 1. The van der Waals surface area contributed by atoms with Gasteiger partial charge in [-0.1, -0.05) is 6.42 Å². The quantitative estimate of drug-likeness (QED) is 0.597. The number of carbonyl (C=O) groups excluding carboxylic acids is 3. The lowest BCUT2D eigenvalue weighted by molar-refractivity contribution is -0.127. The second-order valence-electron chi connectivity index (χ2n) is 8.99. The van der Waals surface area contributed by atoms with Crippen LogP contribution in [0.4, 0.5) is 5.69 Å². The molecule has 3 aliphatic rings. The van der Waals surface area contributed by atoms with Gasteiger partial charge in [-0.05, 0) is 49.4 Å². The highest BCUT2D eigenvalue weighted by Gasteiger charge is 2.38. The van der Waals surface area contributed by atoms with Crippen molar-refractivity contribution < 1.29 is 22.8 Å². The van der Waals surface area contributed by atoms with Gasteiger partial charge in [-0.25, -0.2) is 8.42 Å². The lowest BCUT2D eigenvalue weighted by Crippen LogP contribution is -2.47. The average Bonchev–Trinajstić information content (AvgIpc) is 3.40. The highest BCUT2D eigenvalue weighted by atomic mass is 32.2. The minimum Gasteiger partial charge on any atom is -0.354 e. The second kappa shape index (κ2) is 9.80. The highest BCUT2D eigenvalue weighted by Crippen LogP contribution is 2.35. The Morgan fingerprint density at radius 1 is 1.09 bits per heavy atom. The molecule has 0 radical (unpaired) electrons. The van der Waals surface area contributed by atoms with Gasteiger partial charge in [0.25, 0.3) is 0 Å². The summed E-state index contributed by atoms with van der Waals surface area (Å²) in [4.78, 5) is 40.4. The first kappa shape index (κ1) is 23.7. The third-order valence-electron chi connectivity index (χ3n) is 6.71. The third-order valence-corrected chi connectivity index (χ3v) is 8.60. The van der Waals surface area contributed by atoms with Gasteiger partial charge < -0.3 is 10.2 Å². The van der Waals surface area contributed by atoms with Gasteiger partial charge in [-0.2, -0.15) is 4.31 Å². The van der Waals surface area contributed by atoms with Crippen LogP contribution in [0.25, 0.3) is 0 Å². The number of hydrogen-bond donors (Lipinski definition) is 1. The van der Waals surface area contributed by atoms with Gasteiger partial charge >= 0.3 is 0 Å². The zero-order valence-corrected chi connectivity index (χ0v) is 19.9. The van der Waals surface area contributed by atoms with E-state index in [2.05, 4.69) is 5.32 Å². The van der Waals surface area contributed by atoms with Crippen LogP contribution in [-0.2, 0) is 30.8 Å². The van der Waals surface area contributed by atoms with Gasteiger partial charge in [-0.3, -0.25) is 19.3 Å². The summed E-state index contributed by atoms with van der Waals surface area (Å²) < 4.78 is 27.6. The van der Waals surface area contributed by atoms with Crippen LogP contribution in [0.2, 0.25) is 0 Å². The Morgan fingerprint density at radius 3 is 2.52 bits per heavy atom. The van der Waals surface area contributed by atoms with Gasteiger partial charge in [0.05, 0.1) is 4.90 Å². The van der Waals surface area contributed by atoms with E-state index in [1.807, 2.05) is 4.90 Å². The van der Waals surface area contributed by atoms with Crippen molar-refractivity contribution in [1.82, 2.24) is 14.5 Å². The molecule has 0 aromatic heterocycles. The van der Waals surface area contributed by atoms with E-state index in [-0.39, 0.29) is 29.0 Å². The van der Waals surface area contributed by atoms with E-state index in [9.17, 15) is 22.8 Å². The zero-order chi connectivity index (χ0) is 23.6. The van der Waals surface area contributed by atoms with Gasteiger partial charge in [-0.15, -0.1) is 0 Å². The maximum absolute atomic E-state index is 13.1. The second-order valence-corrected chi connectivity index (χ2v) is 10.9. The number of sulfonamides is 1. The van der Waals surface area contributed by atoms with Crippen LogP contribution >= 0.6 is 0 Å². The first-order valence-electron chi connectivity index (χ1n) is 11.8. The minimum atomic E-state index is -3.59. The van der Waals surface area contributed by atoms with Crippen LogP contribution < -0.4 is 10.2 Å². The maximum Gasteiger partial charge on any atom is 0.243 e. The molecule has 1 atom stereocenters. The van der Waals surface area contributed by atoms with Crippen molar-refractivity contribution in [3.8, 4) is 0 Å². The number of rotatable bonds is 7. The van der Waals surface area contributed by atoms with E-state index in [1.54, 1.807) is 12.1 Å². The monoisotopic (exact) mass is 476 g/mol. The van der Waals surface area contributed by atoms with E-state index in [0.717, 1.165) is 32.2 Å². The average molecular weight is 477 g/mol.